The van der Waals surface area contributed by atoms with Gasteiger partial charge in [0.25, 0.3) is 0 Å². The maximum atomic E-state index is 5.76. The van der Waals surface area contributed by atoms with Crippen molar-refractivity contribution in [3.8, 4) is 0 Å². The maximum Gasteiger partial charge on any atom is 0.223 e. The summed E-state index contributed by atoms with van der Waals surface area (Å²) in [5, 5.41) is 4.62. The summed E-state index contributed by atoms with van der Waals surface area (Å²) in [5.74, 6) is 1.24. The van der Waals surface area contributed by atoms with E-state index in [-0.39, 0.29) is 5.54 Å². The van der Waals surface area contributed by atoms with Crippen molar-refractivity contribution in [3.05, 3.63) is 10.9 Å². The number of thiophene rings is 1. The minimum atomic E-state index is 0.184. The smallest absolute Gasteiger partial charge is 0.223 e. The molecule has 90 valence electrons. The van der Waals surface area contributed by atoms with E-state index in [1.54, 1.807) is 11.3 Å². The monoisotopic (exact) mass is 248 g/mol. The van der Waals surface area contributed by atoms with Crippen LogP contribution in [0.15, 0.2) is 6.07 Å². The Balaban J connectivity index is 2.07. The van der Waals surface area contributed by atoms with Gasteiger partial charge in [0, 0.05) is 10.4 Å². The quantitative estimate of drug-likeness (QED) is 0.857. The van der Waals surface area contributed by atoms with Crippen molar-refractivity contribution in [3.63, 3.8) is 0 Å². The molecule has 0 saturated heterocycles. The second-order valence-corrected chi connectivity index (χ2v) is 6.28. The molecule has 3 N–H and O–H groups in total. The predicted octanol–water partition coefficient (Wildman–Crippen LogP) is 2.94. The first-order valence-corrected chi connectivity index (χ1v) is 6.69. The van der Waals surface area contributed by atoms with Crippen LogP contribution in [0.4, 0.5) is 11.8 Å². The average molecular weight is 248 g/mol. The largest absolute Gasteiger partial charge is 0.368 e. The van der Waals surface area contributed by atoms with Crippen LogP contribution in [0.2, 0.25) is 0 Å². The lowest BCUT2D eigenvalue weighted by Crippen LogP contribution is -2.42. The Labute approximate surface area is 104 Å². The average Bonchev–Trinajstić information content (AvgIpc) is 2.56. The summed E-state index contributed by atoms with van der Waals surface area (Å²) in [6.45, 7) is 4.32. The number of hydrogen-bond acceptors (Lipinski definition) is 5. The highest BCUT2D eigenvalue weighted by atomic mass is 32.1. The van der Waals surface area contributed by atoms with Crippen LogP contribution in [0.3, 0.4) is 0 Å². The molecule has 5 heteroatoms. The number of rotatable bonds is 2. The molecule has 0 unspecified atom stereocenters. The number of nitrogens with one attached hydrogen (secondary N) is 1. The summed E-state index contributed by atoms with van der Waals surface area (Å²) in [4.78, 5) is 10.8. The molecular formula is C12H16N4S. The van der Waals surface area contributed by atoms with E-state index in [0.29, 0.717) is 5.95 Å². The fourth-order valence-corrected chi connectivity index (χ4v) is 3.16. The van der Waals surface area contributed by atoms with Crippen molar-refractivity contribution in [1.29, 1.82) is 0 Å². The third-order valence-corrected chi connectivity index (χ3v) is 4.35. The predicted molar refractivity (Wildman–Crippen MR) is 72.4 cm³/mol. The molecule has 0 bridgehead atoms. The van der Waals surface area contributed by atoms with Crippen LogP contribution in [-0.2, 0) is 0 Å². The van der Waals surface area contributed by atoms with Crippen LogP contribution in [0.25, 0.3) is 10.2 Å². The van der Waals surface area contributed by atoms with E-state index in [9.17, 15) is 0 Å². The summed E-state index contributed by atoms with van der Waals surface area (Å²) < 4.78 is 0. The lowest BCUT2D eigenvalue weighted by molar-refractivity contribution is 0.306. The van der Waals surface area contributed by atoms with Gasteiger partial charge in [0.2, 0.25) is 5.95 Å². The third kappa shape index (κ3) is 1.84. The zero-order chi connectivity index (χ0) is 12.0. The Morgan fingerprint density at radius 2 is 2.18 bits per heavy atom. The van der Waals surface area contributed by atoms with Crippen LogP contribution >= 0.6 is 11.3 Å². The number of aryl methyl sites for hydroxylation is 1. The van der Waals surface area contributed by atoms with Crippen LogP contribution in [0.5, 0.6) is 0 Å². The zero-order valence-electron chi connectivity index (χ0n) is 10.1. The number of nitrogen functional groups attached to an aromatic ring is 1. The van der Waals surface area contributed by atoms with E-state index >= 15 is 0 Å². The highest BCUT2D eigenvalue weighted by Crippen LogP contribution is 2.37. The molecule has 17 heavy (non-hydrogen) atoms. The van der Waals surface area contributed by atoms with E-state index in [1.165, 1.54) is 24.1 Å². The minimum Gasteiger partial charge on any atom is -0.368 e. The standard InChI is InChI=1S/C12H16N4S/c1-7-6-8-9(16-12(2)4-3-5-12)14-11(13)15-10(8)17-7/h6H,3-5H2,1-2H3,(H3,13,14,15,16). The Kier molecular flexibility index (Phi) is 2.26. The molecule has 0 aromatic carbocycles. The Hall–Kier alpha value is -1.36. The number of nitrogens with two attached hydrogens (primary N) is 1. The van der Waals surface area contributed by atoms with Gasteiger partial charge in [-0.25, -0.2) is 4.98 Å². The van der Waals surface area contributed by atoms with Crippen LogP contribution in [-0.4, -0.2) is 15.5 Å². The number of hydrogen-bond donors (Lipinski definition) is 2. The molecule has 4 nitrogen and oxygen atoms in total. The van der Waals surface area contributed by atoms with Crippen molar-refractivity contribution in [2.24, 2.45) is 0 Å². The second-order valence-electron chi connectivity index (χ2n) is 5.05. The highest BCUT2D eigenvalue weighted by molar-refractivity contribution is 7.18. The van der Waals surface area contributed by atoms with Gasteiger partial charge in [0.15, 0.2) is 0 Å². The van der Waals surface area contributed by atoms with Gasteiger partial charge in [0.1, 0.15) is 10.6 Å². The molecule has 2 heterocycles. The molecule has 2 aromatic rings. The van der Waals surface area contributed by atoms with Crippen LogP contribution < -0.4 is 11.1 Å². The van der Waals surface area contributed by atoms with Gasteiger partial charge in [-0.1, -0.05) is 0 Å². The Morgan fingerprint density at radius 3 is 2.82 bits per heavy atom. The molecule has 1 saturated carbocycles. The number of fused-ring (bicyclic) bond motifs is 1. The molecule has 0 radical (unpaired) electrons. The molecule has 1 aliphatic carbocycles. The lowest BCUT2D eigenvalue weighted by atomic mass is 9.78. The van der Waals surface area contributed by atoms with Gasteiger partial charge in [-0.05, 0) is 39.2 Å². The highest BCUT2D eigenvalue weighted by Gasteiger charge is 2.32. The molecule has 0 atom stereocenters. The van der Waals surface area contributed by atoms with Crippen molar-refractivity contribution in [2.45, 2.75) is 38.6 Å². The van der Waals surface area contributed by atoms with Crippen LogP contribution in [0.1, 0.15) is 31.1 Å². The second kappa shape index (κ2) is 3.57. The summed E-state index contributed by atoms with van der Waals surface area (Å²) in [7, 11) is 0. The van der Waals surface area contributed by atoms with E-state index < -0.39 is 0 Å². The molecule has 1 fully saturated rings. The van der Waals surface area contributed by atoms with Gasteiger partial charge in [-0.15, -0.1) is 11.3 Å². The van der Waals surface area contributed by atoms with Crippen molar-refractivity contribution < 1.29 is 0 Å². The Bertz CT molecular complexity index is 571. The van der Waals surface area contributed by atoms with Crippen molar-refractivity contribution >= 4 is 33.3 Å². The number of anilines is 2. The fraction of sp³-hybridized carbons (Fsp3) is 0.500. The lowest BCUT2D eigenvalue weighted by Gasteiger charge is -2.39. The maximum absolute atomic E-state index is 5.76. The summed E-state index contributed by atoms with van der Waals surface area (Å²) in [5.41, 5.74) is 5.94. The fourth-order valence-electron chi connectivity index (χ4n) is 2.27. The van der Waals surface area contributed by atoms with Gasteiger partial charge in [0.05, 0.1) is 5.39 Å². The topological polar surface area (TPSA) is 63.8 Å². The van der Waals surface area contributed by atoms with Crippen molar-refractivity contribution in [2.75, 3.05) is 11.1 Å². The Morgan fingerprint density at radius 1 is 1.41 bits per heavy atom. The molecule has 2 aromatic heterocycles. The normalized spacial score (nSPS) is 18.0. The zero-order valence-corrected chi connectivity index (χ0v) is 10.9. The number of nitrogens with zero attached hydrogens (tertiary/aromatic N) is 2. The van der Waals surface area contributed by atoms with E-state index in [1.807, 2.05) is 0 Å². The van der Waals surface area contributed by atoms with Crippen LogP contribution in [0, 0.1) is 6.92 Å². The molecule has 0 spiro atoms. The first-order valence-electron chi connectivity index (χ1n) is 5.88. The first kappa shape index (κ1) is 10.8. The van der Waals surface area contributed by atoms with Gasteiger partial charge >= 0.3 is 0 Å². The van der Waals surface area contributed by atoms with Gasteiger partial charge < -0.3 is 11.1 Å². The summed E-state index contributed by atoms with van der Waals surface area (Å²) >= 11 is 1.66. The van der Waals surface area contributed by atoms with E-state index in [2.05, 4.69) is 35.2 Å². The number of aromatic nitrogens is 2. The molecule has 0 aliphatic heterocycles. The van der Waals surface area contributed by atoms with Crippen molar-refractivity contribution in [1.82, 2.24) is 9.97 Å². The first-order chi connectivity index (χ1) is 8.06. The summed E-state index contributed by atoms with van der Waals surface area (Å²) in [6, 6.07) is 2.13. The van der Waals surface area contributed by atoms with Gasteiger partial charge in [-0.3, -0.25) is 0 Å². The molecular weight excluding hydrogens is 232 g/mol. The van der Waals surface area contributed by atoms with Gasteiger partial charge in [-0.2, -0.15) is 4.98 Å². The molecule has 3 rings (SSSR count). The van der Waals surface area contributed by atoms with E-state index in [4.69, 9.17) is 5.73 Å². The SMILES string of the molecule is Cc1cc2c(NC3(C)CCC3)nc(N)nc2s1. The summed E-state index contributed by atoms with van der Waals surface area (Å²) in [6.07, 6.45) is 3.68. The third-order valence-electron chi connectivity index (χ3n) is 3.41. The van der Waals surface area contributed by atoms with E-state index in [0.717, 1.165) is 16.0 Å². The minimum absolute atomic E-state index is 0.184. The molecule has 1 aliphatic rings. The molecule has 0 amide bonds.